The summed E-state index contributed by atoms with van der Waals surface area (Å²) in [5, 5.41) is 49.3. The van der Waals surface area contributed by atoms with Crippen LogP contribution in [0.3, 0.4) is 0 Å². The molecule has 10 heteroatoms. The van der Waals surface area contributed by atoms with E-state index >= 15 is 0 Å². The SMILES string of the molecule is NC1C(OCc2cc(O)c3c(c2)C(=O)c2cccc(O)c2C3=O)OC(O)C(O)C1O. The number of ketones is 2. The van der Waals surface area contributed by atoms with Gasteiger partial charge >= 0.3 is 0 Å². The van der Waals surface area contributed by atoms with E-state index in [9.17, 15) is 35.1 Å². The van der Waals surface area contributed by atoms with Crippen molar-refractivity contribution >= 4 is 11.6 Å². The monoisotopic (exact) mass is 417 g/mol. The zero-order valence-corrected chi connectivity index (χ0v) is 15.4. The van der Waals surface area contributed by atoms with Gasteiger partial charge in [-0.15, -0.1) is 0 Å². The van der Waals surface area contributed by atoms with Crippen LogP contribution in [0.4, 0.5) is 0 Å². The molecule has 7 N–H and O–H groups in total. The molecular formula is C20H19NO9. The van der Waals surface area contributed by atoms with Gasteiger partial charge in [0.15, 0.2) is 18.4 Å². The minimum absolute atomic E-state index is 0.0165. The summed E-state index contributed by atoms with van der Waals surface area (Å²) in [5.41, 5.74) is 5.61. The Bertz CT molecular complexity index is 1040. The maximum Gasteiger partial charge on any atom is 0.201 e. The highest BCUT2D eigenvalue weighted by Gasteiger charge is 2.42. The molecule has 1 aliphatic heterocycles. The molecule has 0 saturated carbocycles. The first-order valence-electron chi connectivity index (χ1n) is 9.04. The molecule has 1 heterocycles. The summed E-state index contributed by atoms with van der Waals surface area (Å²) < 4.78 is 10.5. The quantitative estimate of drug-likeness (QED) is 0.313. The molecule has 2 aromatic rings. The van der Waals surface area contributed by atoms with Gasteiger partial charge in [-0.1, -0.05) is 12.1 Å². The second-order valence-corrected chi connectivity index (χ2v) is 7.16. The van der Waals surface area contributed by atoms with Crippen LogP contribution in [0.1, 0.15) is 37.4 Å². The molecular weight excluding hydrogens is 398 g/mol. The minimum Gasteiger partial charge on any atom is -0.507 e. The summed E-state index contributed by atoms with van der Waals surface area (Å²) in [7, 11) is 0. The Morgan fingerprint density at radius 2 is 1.63 bits per heavy atom. The number of benzene rings is 2. The van der Waals surface area contributed by atoms with Gasteiger partial charge < -0.3 is 40.7 Å². The van der Waals surface area contributed by atoms with E-state index in [0.717, 1.165) is 0 Å². The van der Waals surface area contributed by atoms with E-state index < -0.39 is 48.1 Å². The Kier molecular flexibility index (Phi) is 5.06. The van der Waals surface area contributed by atoms with Crippen molar-refractivity contribution in [2.24, 2.45) is 5.73 Å². The molecule has 0 radical (unpaired) electrons. The van der Waals surface area contributed by atoms with E-state index in [1.165, 1.54) is 30.3 Å². The van der Waals surface area contributed by atoms with Crippen LogP contribution >= 0.6 is 0 Å². The molecule has 0 bridgehead atoms. The fraction of sp³-hybridized carbons (Fsp3) is 0.300. The van der Waals surface area contributed by atoms with Gasteiger partial charge in [-0.2, -0.15) is 0 Å². The molecule has 10 nitrogen and oxygen atoms in total. The second-order valence-electron chi connectivity index (χ2n) is 7.16. The van der Waals surface area contributed by atoms with Crippen molar-refractivity contribution in [3.05, 3.63) is 58.1 Å². The Balaban J connectivity index is 1.61. The van der Waals surface area contributed by atoms with Crippen LogP contribution in [0.15, 0.2) is 30.3 Å². The number of phenols is 2. The number of nitrogens with two attached hydrogens (primary N) is 1. The maximum atomic E-state index is 12.8. The van der Waals surface area contributed by atoms with Crippen molar-refractivity contribution in [3.8, 4) is 11.5 Å². The average molecular weight is 417 g/mol. The summed E-state index contributed by atoms with van der Waals surface area (Å²) in [4.78, 5) is 25.6. The molecule has 5 atom stereocenters. The van der Waals surface area contributed by atoms with Crippen LogP contribution in [-0.2, 0) is 16.1 Å². The van der Waals surface area contributed by atoms with Gasteiger partial charge in [0.25, 0.3) is 0 Å². The van der Waals surface area contributed by atoms with Crippen molar-refractivity contribution < 1.29 is 44.6 Å². The van der Waals surface area contributed by atoms with Crippen LogP contribution in [0.25, 0.3) is 0 Å². The van der Waals surface area contributed by atoms with Crippen molar-refractivity contribution in [2.45, 2.75) is 37.4 Å². The minimum atomic E-state index is -1.70. The molecule has 4 rings (SSSR count). The van der Waals surface area contributed by atoms with E-state index in [1.807, 2.05) is 0 Å². The van der Waals surface area contributed by atoms with Gasteiger partial charge in [-0.05, 0) is 23.8 Å². The van der Waals surface area contributed by atoms with Crippen molar-refractivity contribution in [2.75, 3.05) is 0 Å². The zero-order valence-electron chi connectivity index (χ0n) is 15.4. The fourth-order valence-corrected chi connectivity index (χ4v) is 3.62. The van der Waals surface area contributed by atoms with Crippen LogP contribution in [-0.4, -0.2) is 67.9 Å². The second kappa shape index (κ2) is 7.43. The van der Waals surface area contributed by atoms with Crippen LogP contribution in [0, 0.1) is 0 Å². The summed E-state index contributed by atoms with van der Waals surface area (Å²) >= 11 is 0. The van der Waals surface area contributed by atoms with E-state index in [-0.39, 0.29) is 34.6 Å². The Hall–Kier alpha value is -2.86. The summed E-state index contributed by atoms with van der Waals surface area (Å²) in [5.74, 6) is -2.05. The molecule has 2 aromatic carbocycles. The lowest BCUT2D eigenvalue weighted by Crippen LogP contribution is -2.61. The smallest absolute Gasteiger partial charge is 0.201 e. The van der Waals surface area contributed by atoms with Crippen LogP contribution < -0.4 is 5.73 Å². The van der Waals surface area contributed by atoms with Gasteiger partial charge in [0, 0.05) is 11.1 Å². The zero-order chi connectivity index (χ0) is 21.7. The molecule has 0 aromatic heterocycles. The third-order valence-corrected chi connectivity index (χ3v) is 5.20. The largest absolute Gasteiger partial charge is 0.507 e. The molecule has 1 saturated heterocycles. The first-order valence-corrected chi connectivity index (χ1v) is 9.04. The Morgan fingerprint density at radius 3 is 2.37 bits per heavy atom. The van der Waals surface area contributed by atoms with Gasteiger partial charge in [-0.3, -0.25) is 9.59 Å². The number of hydrogen-bond acceptors (Lipinski definition) is 10. The van der Waals surface area contributed by atoms with Gasteiger partial charge in [0.1, 0.15) is 23.7 Å². The molecule has 158 valence electrons. The van der Waals surface area contributed by atoms with E-state index in [1.54, 1.807) is 0 Å². The fourth-order valence-electron chi connectivity index (χ4n) is 3.62. The van der Waals surface area contributed by atoms with Crippen LogP contribution in [0.2, 0.25) is 0 Å². The van der Waals surface area contributed by atoms with E-state index in [2.05, 4.69) is 0 Å². The first kappa shape index (κ1) is 20.4. The molecule has 30 heavy (non-hydrogen) atoms. The molecule has 2 aliphatic rings. The first-order chi connectivity index (χ1) is 14.2. The molecule has 5 unspecified atom stereocenters. The number of rotatable bonds is 3. The summed E-state index contributed by atoms with van der Waals surface area (Å²) in [6.45, 7) is -0.247. The summed E-state index contributed by atoms with van der Waals surface area (Å²) in [6, 6.07) is 5.53. The number of carbonyl (C=O) groups excluding carboxylic acids is 2. The average Bonchev–Trinajstić information content (AvgIpc) is 2.71. The van der Waals surface area contributed by atoms with Gasteiger partial charge in [0.2, 0.25) is 5.78 Å². The number of carbonyl (C=O) groups is 2. The van der Waals surface area contributed by atoms with Crippen LogP contribution in [0.5, 0.6) is 11.5 Å². The number of aliphatic hydroxyl groups is 3. The highest BCUT2D eigenvalue weighted by atomic mass is 16.7. The topological polar surface area (TPSA) is 180 Å². The molecule has 0 spiro atoms. The standard InChI is InChI=1S/C20H19NO9/c21-14-17(26)18(27)19(28)30-20(14)29-6-7-4-9-13(11(23)5-7)16(25)12-8(15(9)24)2-1-3-10(12)22/h1-5,14,17-20,22-23,26-28H,6,21H2. The number of hydrogen-bond donors (Lipinski definition) is 6. The lowest BCUT2D eigenvalue weighted by Gasteiger charge is -2.38. The predicted molar refractivity (Wildman–Crippen MR) is 98.7 cm³/mol. The molecule has 1 fully saturated rings. The maximum absolute atomic E-state index is 12.8. The normalized spacial score (nSPS) is 28.2. The van der Waals surface area contributed by atoms with E-state index in [0.29, 0.717) is 5.56 Å². The van der Waals surface area contributed by atoms with Gasteiger partial charge in [-0.25, -0.2) is 0 Å². The van der Waals surface area contributed by atoms with E-state index in [4.69, 9.17) is 15.2 Å². The Labute approximate surface area is 169 Å². The lowest BCUT2D eigenvalue weighted by molar-refractivity contribution is -0.314. The predicted octanol–water partition coefficient (Wildman–Crippen LogP) is -0.886. The Morgan fingerprint density at radius 1 is 0.933 bits per heavy atom. The van der Waals surface area contributed by atoms with Crippen molar-refractivity contribution in [1.29, 1.82) is 0 Å². The van der Waals surface area contributed by atoms with Crippen molar-refractivity contribution in [3.63, 3.8) is 0 Å². The summed E-state index contributed by atoms with van der Waals surface area (Å²) in [6.07, 6.45) is -6.05. The lowest BCUT2D eigenvalue weighted by atomic mass is 9.82. The number of aromatic hydroxyl groups is 2. The number of fused-ring (bicyclic) bond motifs is 2. The molecule has 1 aliphatic carbocycles. The number of aliphatic hydroxyl groups excluding tert-OH is 3. The molecule has 0 amide bonds. The number of ether oxygens (including phenoxy) is 2. The van der Waals surface area contributed by atoms with Crippen molar-refractivity contribution in [1.82, 2.24) is 0 Å². The highest BCUT2D eigenvalue weighted by molar-refractivity contribution is 6.30. The third-order valence-electron chi connectivity index (χ3n) is 5.20. The highest BCUT2D eigenvalue weighted by Crippen LogP contribution is 2.37. The third kappa shape index (κ3) is 3.16. The number of phenolic OH excluding ortho intramolecular Hbond substituents is 2. The van der Waals surface area contributed by atoms with Gasteiger partial charge in [0.05, 0.1) is 23.8 Å².